The van der Waals surface area contributed by atoms with E-state index in [1.165, 1.54) is 6.33 Å². The van der Waals surface area contributed by atoms with Crippen LogP contribution in [0.2, 0.25) is 0 Å². The van der Waals surface area contributed by atoms with E-state index in [9.17, 15) is 5.11 Å². The SMILES string of the molecule is Cn1cc2c(NCC(C)(O)c3ccccc3)ncnc2n1. The number of fused-ring (bicyclic) bond motifs is 1. The zero-order valence-electron chi connectivity index (χ0n) is 12.0. The van der Waals surface area contributed by atoms with Crippen molar-refractivity contribution in [1.82, 2.24) is 19.7 Å². The topological polar surface area (TPSA) is 75.9 Å². The van der Waals surface area contributed by atoms with Crippen molar-refractivity contribution >= 4 is 16.9 Å². The molecule has 6 nitrogen and oxygen atoms in total. The molecule has 0 aliphatic carbocycles. The molecular weight excluding hydrogens is 266 g/mol. The van der Waals surface area contributed by atoms with Crippen molar-refractivity contribution in [3.05, 3.63) is 48.4 Å². The molecule has 0 saturated heterocycles. The highest BCUT2D eigenvalue weighted by Gasteiger charge is 2.23. The van der Waals surface area contributed by atoms with Gasteiger partial charge < -0.3 is 10.4 Å². The van der Waals surface area contributed by atoms with Gasteiger partial charge in [0, 0.05) is 19.8 Å². The third kappa shape index (κ3) is 2.71. The summed E-state index contributed by atoms with van der Waals surface area (Å²) in [6, 6.07) is 9.56. The van der Waals surface area contributed by atoms with Crippen LogP contribution in [-0.2, 0) is 12.6 Å². The van der Waals surface area contributed by atoms with E-state index < -0.39 is 5.60 Å². The van der Waals surface area contributed by atoms with Gasteiger partial charge in [0.05, 0.1) is 5.39 Å². The van der Waals surface area contributed by atoms with E-state index in [0.29, 0.717) is 18.0 Å². The number of hydrogen-bond acceptors (Lipinski definition) is 5. The van der Waals surface area contributed by atoms with Gasteiger partial charge in [0.2, 0.25) is 0 Å². The maximum atomic E-state index is 10.6. The van der Waals surface area contributed by atoms with Gasteiger partial charge >= 0.3 is 0 Å². The summed E-state index contributed by atoms with van der Waals surface area (Å²) >= 11 is 0. The molecule has 3 rings (SSSR count). The first-order valence-electron chi connectivity index (χ1n) is 6.72. The quantitative estimate of drug-likeness (QED) is 0.762. The Morgan fingerprint density at radius 1 is 1.24 bits per heavy atom. The molecule has 6 heteroatoms. The molecule has 0 aliphatic heterocycles. The second-order valence-electron chi connectivity index (χ2n) is 5.26. The molecule has 3 aromatic rings. The highest BCUT2D eigenvalue weighted by molar-refractivity contribution is 5.85. The van der Waals surface area contributed by atoms with Crippen LogP contribution in [0.5, 0.6) is 0 Å². The second kappa shape index (κ2) is 5.14. The number of nitrogens with zero attached hydrogens (tertiary/aromatic N) is 4. The Balaban J connectivity index is 1.83. The van der Waals surface area contributed by atoms with Gasteiger partial charge in [-0.05, 0) is 12.5 Å². The Labute approximate surface area is 122 Å². The number of rotatable bonds is 4. The Kier molecular flexibility index (Phi) is 3.31. The third-order valence-corrected chi connectivity index (χ3v) is 3.43. The lowest BCUT2D eigenvalue weighted by Crippen LogP contribution is -2.30. The first-order chi connectivity index (χ1) is 10.1. The molecule has 2 aromatic heterocycles. The summed E-state index contributed by atoms with van der Waals surface area (Å²) < 4.78 is 1.69. The van der Waals surface area contributed by atoms with Gasteiger partial charge in [-0.15, -0.1) is 0 Å². The van der Waals surface area contributed by atoms with Crippen molar-refractivity contribution in [2.45, 2.75) is 12.5 Å². The summed E-state index contributed by atoms with van der Waals surface area (Å²) in [6.45, 7) is 2.12. The normalized spacial score (nSPS) is 14.0. The summed E-state index contributed by atoms with van der Waals surface area (Å²) in [5.41, 5.74) is 0.504. The molecule has 0 radical (unpaired) electrons. The van der Waals surface area contributed by atoms with Gasteiger partial charge in [-0.3, -0.25) is 4.68 Å². The van der Waals surface area contributed by atoms with E-state index >= 15 is 0 Å². The largest absolute Gasteiger partial charge is 0.384 e. The first kappa shape index (κ1) is 13.5. The molecule has 21 heavy (non-hydrogen) atoms. The molecule has 0 amide bonds. The highest BCUT2D eigenvalue weighted by atomic mass is 16.3. The van der Waals surface area contributed by atoms with E-state index in [1.54, 1.807) is 11.6 Å². The molecule has 0 aliphatic rings. The van der Waals surface area contributed by atoms with Crippen LogP contribution in [0.3, 0.4) is 0 Å². The summed E-state index contributed by atoms with van der Waals surface area (Å²) in [4.78, 5) is 8.35. The van der Waals surface area contributed by atoms with E-state index in [4.69, 9.17) is 0 Å². The minimum atomic E-state index is -0.985. The van der Waals surface area contributed by atoms with Crippen LogP contribution in [0.1, 0.15) is 12.5 Å². The van der Waals surface area contributed by atoms with Crippen molar-refractivity contribution in [2.75, 3.05) is 11.9 Å². The maximum Gasteiger partial charge on any atom is 0.186 e. The van der Waals surface area contributed by atoms with Gasteiger partial charge in [-0.1, -0.05) is 30.3 Å². The zero-order chi connectivity index (χ0) is 14.9. The molecule has 1 aromatic carbocycles. The van der Waals surface area contributed by atoms with Gasteiger partial charge in [0.25, 0.3) is 0 Å². The summed E-state index contributed by atoms with van der Waals surface area (Å²) in [5.74, 6) is 0.671. The molecular formula is C15H17N5O. The Hall–Kier alpha value is -2.47. The van der Waals surface area contributed by atoms with E-state index in [1.807, 2.05) is 43.6 Å². The number of anilines is 1. The lowest BCUT2D eigenvalue weighted by Gasteiger charge is -2.24. The van der Waals surface area contributed by atoms with Crippen LogP contribution >= 0.6 is 0 Å². The molecule has 0 fully saturated rings. The summed E-state index contributed by atoms with van der Waals surface area (Å²) in [6.07, 6.45) is 3.32. The second-order valence-corrected chi connectivity index (χ2v) is 5.26. The van der Waals surface area contributed by atoms with Gasteiger partial charge in [-0.2, -0.15) is 5.10 Å². The lowest BCUT2D eigenvalue weighted by atomic mass is 9.96. The van der Waals surface area contributed by atoms with Crippen LogP contribution in [0.15, 0.2) is 42.9 Å². The van der Waals surface area contributed by atoms with Crippen LogP contribution in [0.25, 0.3) is 11.0 Å². The monoisotopic (exact) mass is 283 g/mol. The number of hydrogen-bond donors (Lipinski definition) is 2. The molecule has 0 spiro atoms. The Morgan fingerprint density at radius 2 is 2.00 bits per heavy atom. The predicted octanol–water partition coefficient (Wildman–Crippen LogP) is 1.68. The fourth-order valence-corrected chi connectivity index (χ4v) is 2.25. The van der Waals surface area contributed by atoms with Crippen molar-refractivity contribution in [1.29, 1.82) is 0 Å². The van der Waals surface area contributed by atoms with Crippen molar-refractivity contribution in [3.63, 3.8) is 0 Å². The lowest BCUT2D eigenvalue weighted by molar-refractivity contribution is 0.0715. The van der Waals surface area contributed by atoms with Gasteiger partial charge in [0.1, 0.15) is 17.7 Å². The number of aliphatic hydroxyl groups is 1. The molecule has 0 saturated carbocycles. The average Bonchev–Trinajstić information content (AvgIpc) is 2.87. The zero-order valence-corrected chi connectivity index (χ0v) is 12.0. The molecule has 0 bridgehead atoms. The molecule has 1 unspecified atom stereocenters. The standard InChI is InChI=1S/C15H17N5O/c1-15(21,11-6-4-3-5-7-11)9-16-13-12-8-20(2)19-14(12)18-10-17-13/h3-8,10,21H,9H2,1-2H3,(H,16,17,18,19). The van der Waals surface area contributed by atoms with Crippen molar-refractivity contribution in [3.8, 4) is 0 Å². The van der Waals surface area contributed by atoms with Crippen molar-refractivity contribution < 1.29 is 5.11 Å². The number of aromatic nitrogens is 4. The van der Waals surface area contributed by atoms with Gasteiger partial charge in [-0.25, -0.2) is 9.97 Å². The third-order valence-electron chi connectivity index (χ3n) is 3.43. The molecule has 2 heterocycles. The highest BCUT2D eigenvalue weighted by Crippen LogP contribution is 2.23. The summed E-state index contributed by atoms with van der Waals surface area (Å²) in [5, 5.41) is 18.9. The number of aryl methyl sites for hydroxylation is 1. The minimum absolute atomic E-state index is 0.345. The Morgan fingerprint density at radius 3 is 2.76 bits per heavy atom. The first-order valence-corrected chi connectivity index (χ1v) is 6.72. The van der Waals surface area contributed by atoms with E-state index in [2.05, 4.69) is 20.4 Å². The fraction of sp³-hybridized carbons (Fsp3) is 0.267. The fourth-order valence-electron chi connectivity index (χ4n) is 2.25. The minimum Gasteiger partial charge on any atom is -0.384 e. The number of nitrogens with one attached hydrogen (secondary N) is 1. The predicted molar refractivity (Wildman–Crippen MR) is 80.8 cm³/mol. The number of benzene rings is 1. The van der Waals surface area contributed by atoms with Gasteiger partial charge in [0.15, 0.2) is 5.65 Å². The molecule has 2 N–H and O–H groups in total. The molecule has 108 valence electrons. The Bertz CT molecular complexity index is 751. The maximum absolute atomic E-state index is 10.6. The summed E-state index contributed by atoms with van der Waals surface area (Å²) in [7, 11) is 1.84. The van der Waals surface area contributed by atoms with Crippen LogP contribution in [0, 0.1) is 0 Å². The van der Waals surface area contributed by atoms with E-state index in [0.717, 1.165) is 10.9 Å². The van der Waals surface area contributed by atoms with E-state index in [-0.39, 0.29) is 0 Å². The van der Waals surface area contributed by atoms with Crippen LogP contribution < -0.4 is 5.32 Å². The van der Waals surface area contributed by atoms with Crippen LogP contribution in [0.4, 0.5) is 5.82 Å². The smallest absolute Gasteiger partial charge is 0.186 e. The average molecular weight is 283 g/mol. The molecule has 1 atom stereocenters. The van der Waals surface area contributed by atoms with Crippen LogP contribution in [-0.4, -0.2) is 31.4 Å². The van der Waals surface area contributed by atoms with Crippen molar-refractivity contribution in [2.24, 2.45) is 7.05 Å².